The second-order valence-electron chi connectivity index (χ2n) is 13.7. The van der Waals surface area contributed by atoms with Crippen LogP contribution >= 0.6 is 46.4 Å². The van der Waals surface area contributed by atoms with Crippen LogP contribution in [0.2, 0.25) is 20.1 Å². The van der Waals surface area contributed by atoms with Crippen molar-refractivity contribution in [3.05, 3.63) is 104 Å². The molecule has 4 aromatic carbocycles. The van der Waals surface area contributed by atoms with E-state index in [0.29, 0.717) is 34.0 Å². The van der Waals surface area contributed by atoms with Gasteiger partial charge in [-0.3, -0.25) is 19.2 Å². The fourth-order valence-corrected chi connectivity index (χ4v) is 5.96. The molecule has 0 radical (unpaired) electrons. The standard InChI is InChI=1S/C23H26Cl2N2O5.C18H17Cl2NO4/c1-12(2)20(23(30)31)27-19(28)11-14-9-17(24)21(18(25)10-14)32-16-7-5-15(6-8-16)26-22(29)13(3)4;1-10(2)18(24)21-12-3-5-13(6-4-12)25-17-14(19)7-11(8-15(17)20)9-16(22)23/h5-10,12-13,20H,11H2,1-4H3,(H,26,29)(H,27,28)(H,30,31);3-8,10H,9H2,1-2H3,(H,21,24)(H,22,23)/t20-;/m0./s1. The second-order valence-corrected chi connectivity index (χ2v) is 15.3. The van der Waals surface area contributed by atoms with Crippen molar-refractivity contribution in [3.63, 3.8) is 0 Å². The Kier molecular flexibility index (Phi) is 17.5. The number of aliphatic carboxylic acids is 2. The van der Waals surface area contributed by atoms with Crippen LogP contribution in [0.15, 0.2) is 72.8 Å². The number of amides is 3. The molecule has 0 spiro atoms. The highest BCUT2D eigenvalue weighted by atomic mass is 35.5. The number of ether oxygens (including phenoxy) is 2. The van der Waals surface area contributed by atoms with Gasteiger partial charge in [0, 0.05) is 23.2 Å². The topological polar surface area (TPSA) is 180 Å². The van der Waals surface area contributed by atoms with Gasteiger partial charge in [-0.25, -0.2) is 4.79 Å². The summed E-state index contributed by atoms with van der Waals surface area (Å²) in [5.74, 6) is -1.78. The summed E-state index contributed by atoms with van der Waals surface area (Å²) in [6, 6.07) is 18.6. The van der Waals surface area contributed by atoms with E-state index in [1.165, 1.54) is 12.1 Å². The third-order valence-corrected chi connectivity index (χ3v) is 8.94. The highest BCUT2D eigenvalue weighted by Crippen LogP contribution is 2.39. The number of hydrogen-bond acceptors (Lipinski definition) is 7. The highest BCUT2D eigenvalue weighted by Gasteiger charge is 2.24. The van der Waals surface area contributed by atoms with Crippen LogP contribution in [-0.2, 0) is 36.8 Å². The number of hydrogen-bond donors (Lipinski definition) is 5. The predicted octanol–water partition coefficient (Wildman–Crippen LogP) is 10.2. The van der Waals surface area contributed by atoms with Crippen molar-refractivity contribution in [2.24, 2.45) is 17.8 Å². The third-order valence-electron chi connectivity index (χ3n) is 7.82. The van der Waals surface area contributed by atoms with Gasteiger partial charge in [-0.1, -0.05) is 87.9 Å². The zero-order valence-electron chi connectivity index (χ0n) is 31.9. The van der Waals surface area contributed by atoms with E-state index in [1.54, 1.807) is 88.4 Å². The molecule has 304 valence electrons. The number of nitrogens with one attached hydrogen (secondary N) is 3. The van der Waals surface area contributed by atoms with Crippen molar-refractivity contribution < 1.29 is 43.7 Å². The molecular weight excluding hydrogens is 820 g/mol. The highest BCUT2D eigenvalue weighted by molar-refractivity contribution is 6.38. The number of rotatable bonds is 15. The summed E-state index contributed by atoms with van der Waals surface area (Å²) in [6.45, 7) is 10.7. The Balaban J connectivity index is 0.000000315. The fraction of sp³-hybridized carbons (Fsp3) is 0.293. The summed E-state index contributed by atoms with van der Waals surface area (Å²) in [5.41, 5.74) is 2.29. The van der Waals surface area contributed by atoms with Crippen LogP contribution in [0.1, 0.15) is 52.7 Å². The molecule has 0 aliphatic heterocycles. The molecule has 5 N–H and O–H groups in total. The molecule has 57 heavy (non-hydrogen) atoms. The first-order chi connectivity index (χ1) is 26.7. The van der Waals surface area contributed by atoms with Gasteiger partial charge in [0.1, 0.15) is 17.5 Å². The van der Waals surface area contributed by atoms with Gasteiger partial charge in [-0.2, -0.15) is 0 Å². The number of anilines is 2. The molecule has 0 bridgehead atoms. The number of benzene rings is 4. The van der Waals surface area contributed by atoms with Crippen LogP contribution in [0.5, 0.6) is 23.0 Å². The first-order valence-electron chi connectivity index (χ1n) is 17.6. The average molecular weight is 864 g/mol. The minimum absolute atomic E-state index is 0.0752. The van der Waals surface area contributed by atoms with Crippen molar-refractivity contribution in [2.75, 3.05) is 10.6 Å². The molecule has 0 unspecified atom stereocenters. The lowest BCUT2D eigenvalue weighted by Crippen LogP contribution is -2.44. The summed E-state index contributed by atoms with van der Waals surface area (Å²) in [5, 5.41) is 27.0. The van der Waals surface area contributed by atoms with Crippen molar-refractivity contribution >= 4 is 87.4 Å². The zero-order valence-corrected chi connectivity index (χ0v) is 34.9. The molecular formula is C41H43Cl4N3O9. The van der Waals surface area contributed by atoms with Crippen molar-refractivity contribution in [1.29, 1.82) is 0 Å². The largest absolute Gasteiger partial charge is 0.481 e. The Morgan fingerprint density at radius 3 is 1.23 bits per heavy atom. The molecule has 0 saturated carbocycles. The van der Waals surface area contributed by atoms with E-state index < -0.39 is 23.9 Å². The van der Waals surface area contributed by atoms with Crippen molar-refractivity contribution in [2.45, 2.75) is 60.4 Å². The summed E-state index contributed by atoms with van der Waals surface area (Å²) in [6.07, 6.45) is -0.259. The monoisotopic (exact) mass is 861 g/mol. The molecule has 12 nitrogen and oxygen atoms in total. The molecule has 3 amide bonds. The van der Waals surface area contributed by atoms with Gasteiger partial charge in [-0.15, -0.1) is 0 Å². The lowest BCUT2D eigenvalue weighted by atomic mass is 10.0. The van der Waals surface area contributed by atoms with E-state index in [1.807, 2.05) is 13.8 Å². The quantitative estimate of drug-likeness (QED) is 0.0777. The number of carbonyl (C=O) groups is 5. The van der Waals surface area contributed by atoms with E-state index in [4.69, 9.17) is 61.0 Å². The summed E-state index contributed by atoms with van der Waals surface area (Å²) in [7, 11) is 0. The number of carboxylic acid groups (broad SMARTS) is 2. The Bertz CT molecular complexity index is 2030. The van der Waals surface area contributed by atoms with Gasteiger partial charge in [0.2, 0.25) is 17.7 Å². The maximum absolute atomic E-state index is 12.3. The van der Waals surface area contributed by atoms with E-state index >= 15 is 0 Å². The summed E-state index contributed by atoms with van der Waals surface area (Å²) in [4.78, 5) is 57.7. The number of halogens is 4. The lowest BCUT2D eigenvalue weighted by Gasteiger charge is -2.18. The van der Waals surface area contributed by atoms with E-state index in [0.717, 1.165) is 0 Å². The third kappa shape index (κ3) is 14.8. The minimum atomic E-state index is -1.09. The van der Waals surface area contributed by atoms with Crippen molar-refractivity contribution in [3.8, 4) is 23.0 Å². The van der Waals surface area contributed by atoms with Crippen LogP contribution in [-0.4, -0.2) is 45.9 Å². The molecule has 1 atom stereocenters. The van der Waals surface area contributed by atoms with E-state index in [9.17, 15) is 29.1 Å². The smallest absolute Gasteiger partial charge is 0.326 e. The van der Waals surface area contributed by atoms with Crippen LogP contribution < -0.4 is 25.4 Å². The normalized spacial score (nSPS) is 11.3. The Labute approximate surface area is 350 Å². The first kappa shape index (κ1) is 46.4. The number of carboxylic acids is 2. The molecule has 0 fully saturated rings. The van der Waals surface area contributed by atoms with Gasteiger partial charge in [0.25, 0.3) is 0 Å². The summed E-state index contributed by atoms with van der Waals surface area (Å²) < 4.78 is 11.5. The van der Waals surface area contributed by atoms with Gasteiger partial charge in [0.15, 0.2) is 11.5 Å². The Hall–Kier alpha value is -5.01. The van der Waals surface area contributed by atoms with Crippen LogP contribution in [0, 0.1) is 17.8 Å². The Morgan fingerprint density at radius 2 is 0.930 bits per heavy atom. The van der Waals surface area contributed by atoms with E-state index in [2.05, 4.69) is 16.0 Å². The van der Waals surface area contributed by atoms with Gasteiger partial charge in [-0.05, 0) is 89.8 Å². The molecule has 16 heteroatoms. The molecule has 0 aliphatic rings. The van der Waals surface area contributed by atoms with Crippen molar-refractivity contribution in [1.82, 2.24) is 5.32 Å². The maximum atomic E-state index is 12.3. The van der Waals surface area contributed by atoms with Crippen LogP contribution in [0.3, 0.4) is 0 Å². The molecule has 4 rings (SSSR count). The zero-order chi connectivity index (χ0) is 42.6. The predicted molar refractivity (Wildman–Crippen MR) is 222 cm³/mol. The molecule has 0 heterocycles. The lowest BCUT2D eigenvalue weighted by molar-refractivity contribution is -0.143. The molecule has 4 aromatic rings. The molecule has 0 aromatic heterocycles. The average Bonchev–Trinajstić information content (AvgIpc) is 3.11. The second kappa shape index (κ2) is 21.5. The summed E-state index contributed by atoms with van der Waals surface area (Å²) >= 11 is 24.9. The molecule has 0 aliphatic carbocycles. The van der Waals surface area contributed by atoms with Gasteiger partial charge < -0.3 is 35.6 Å². The van der Waals surface area contributed by atoms with Gasteiger partial charge >= 0.3 is 11.9 Å². The number of carbonyl (C=O) groups excluding carboxylic acids is 3. The maximum Gasteiger partial charge on any atom is 0.326 e. The minimum Gasteiger partial charge on any atom is -0.481 e. The van der Waals surface area contributed by atoms with Crippen LogP contribution in [0.4, 0.5) is 11.4 Å². The van der Waals surface area contributed by atoms with Gasteiger partial charge in [0.05, 0.1) is 32.9 Å². The SMILES string of the molecule is CC(C)C(=O)Nc1ccc(Oc2c(Cl)cc(CC(=O)N[C@H](C(=O)O)C(C)C)cc2Cl)cc1.CC(C)C(=O)Nc1ccc(Oc2c(Cl)cc(CC(=O)O)cc2Cl)cc1. The Morgan fingerprint density at radius 1 is 0.579 bits per heavy atom. The molecule has 0 saturated heterocycles. The van der Waals surface area contributed by atoms with E-state index in [-0.39, 0.29) is 74.0 Å². The first-order valence-corrected chi connectivity index (χ1v) is 19.1. The fourth-order valence-electron chi connectivity index (χ4n) is 4.74. The van der Waals surface area contributed by atoms with Crippen LogP contribution in [0.25, 0.3) is 0 Å².